The smallest absolute Gasteiger partial charge is 0.254 e. The number of nitrogens with zero attached hydrogens (tertiary/aromatic N) is 3. The van der Waals surface area contributed by atoms with Crippen molar-refractivity contribution >= 4 is 16.9 Å². The van der Waals surface area contributed by atoms with E-state index in [1.165, 1.54) is 12.8 Å². The molecule has 23 heavy (non-hydrogen) atoms. The molecule has 2 aliphatic heterocycles. The summed E-state index contributed by atoms with van der Waals surface area (Å²) in [6.45, 7) is 3.85. The first-order valence-corrected chi connectivity index (χ1v) is 8.38. The number of hydrogen-bond acceptors (Lipinski definition) is 4. The van der Waals surface area contributed by atoms with Gasteiger partial charge in [-0.2, -0.15) is 5.10 Å². The maximum atomic E-state index is 13.1. The number of carbonyl (C=O) groups is 1. The standard InChI is InChI=1S/C17H23N5O/c1-9-6-14(15-10(2)20-21-16(15)18-9)17(23)22(3)13-7-11-4-5-12(8-13)19-11/h6,11-13,19H,4-5,7-8H2,1-3H3,(H,18,20,21). The number of fused-ring (bicyclic) bond motifs is 3. The lowest BCUT2D eigenvalue weighted by Gasteiger charge is -2.35. The van der Waals surface area contributed by atoms with Crippen LogP contribution in [0.2, 0.25) is 0 Å². The predicted octanol–water partition coefficient (Wildman–Crippen LogP) is 1.93. The van der Waals surface area contributed by atoms with Gasteiger partial charge < -0.3 is 10.2 Å². The van der Waals surface area contributed by atoms with Gasteiger partial charge in [0, 0.05) is 36.6 Å². The van der Waals surface area contributed by atoms with Crippen LogP contribution in [0.25, 0.3) is 11.0 Å². The zero-order valence-electron chi connectivity index (χ0n) is 13.9. The lowest BCUT2D eigenvalue weighted by Crippen LogP contribution is -2.48. The molecule has 0 radical (unpaired) electrons. The Balaban J connectivity index is 1.67. The molecule has 6 nitrogen and oxygen atoms in total. The molecule has 2 aromatic heterocycles. The van der Waals surface area contributed by atoms with Gasteiger partial charge in [0.2, 0.25) is 0 Å². The molecule has 2 saturated heterocycles. The molecule has 2 aliphatic rings. The predicted molar refractivity (Wildman–Crippen MR) is 88.4 cm³/mol. The second-order valence-electron chi connectivity index (χ2n) is 7.04. The van der Waals surface area contributed by atoms with Crippen LogP contribution < -0.4 is 5.32 Å². The molecular formula is C17H23N5O. The number of amides is 1. The lowest BCUT2D eigenvalue weighted by atomic mass is 9.97. The Labute approximate surface area is 135 Å². The van der Waals surface area contributed by atoms with Crippen molar-refractivity contribution in [2.24, 2.45) is 0 Å². The van der Waals surface area contributed by atoms with Crippen molar-refractivity contribution in [2.45, 2.75) is 57.7 Å². The topological polar surface area (TPSA) is 73.9 Å². The van der Waals surface area contributed by atoms with Crippen molar-refractivity contribution in [3.8, 4) is 0 Å². The van der Waals surface area contributed by atoms with Crippen molar-refractivity contribution in [3.63, 3.8) is 0 Å². The van der Waals surface area contributed by atoms with E-state index >= 15 is 0 Å². The van der Waals surface area contributed by atoms with Crippen molar-refractivity contribution in [3.05, 3.63) is 23.0 Å². The molecule has 1 amide bonds. The molecule has 2 unspecified atom stereocenters. The van der Waals surface area contributed by atoms with Crippen molar-refractivity contribution in [1.82, 2.24) is 25.4 Å². The zero-order chi connectivity index (χ0) is 16.1. The first kappa shape index (κ1) is 14.6. The lowest BCUT2D eigenvalue weighted by molar-refractivity contribution is 0.0683. The Morgan fingerprint density at radius 2 is 1.96 bits per heavy atom. The molecule has 2 aromatic rings. The Morgan fingerprint density at radius 1 is 1.26 bits per heavy atom. The number of aryl methyl sites for hydroxylation is 2. The van der Waals surface area contributed by atoms with E-state index in [9.17, 15) is 4.79 Å². The summed E-state index contributed by atoms with van der Waals surface area (Å²) in [6, 6.07) is 3.35. The number of nitrogens with one attached hydrogen (secondary N) is 2. The highest BCUT2D eigenvalue weighted by molar-refractivity contribution is 6.06. The van der Waals surface area contributed by atoms with E-state index in [4.69, 9.17) is 0 Å². The van der Waals surface area contributed by atoms with Crippen LogP contribution in [0.15, 0.2) is 6.07 Å². The minimum absolute atomic E-state index is 0.0799. The van der Waals surface area contributed by atoms with E-state index in [1.807, 2.05) is 31.9 Å². The summed E-state index contributed by atoms with van der Waals surface area (Å²) >= 11 is 0. The number of rotatable bonds is 2. The minimum Gasteiger partial charge on any atom is -0.339 e. The summed E-state index contributed by atoms with van der Waals surface area (Å²) < 4.78 is 0. The van der Waals surface area contributed by atoms with Crippen molar-refractivity contribution in [1.29, 1.82) is 0 Å². The molecule has 2 atom stereocenters. The average molecular weight is 313 g/mol. The Kier molecular flexibility index (Phi) is 3.37. The third-order valence-corrected chi connectivity index (χ3v) is 5.38. The molecule has 2 bridgehead atoms. The fourth-order valence-corrected chi connectivity index (χ4v) is 4.17. The number of piperidine rings is 1. The first-order chi connectivity index (χ1) is 11.0. The highest BCUT2D eigenvalue weighted by atomic mass is 16.2. The molecule has 4 heterocycles. The molecule has 4 rings (SSSR count). The molecule has 2 N–H and O–H groups in total. The number of carbonyl (C=O) groups excluding carboxylic acids is 1. The largest absolute Gasteiger partial charge is 0.339 e. The van der Waals surface area contributed by atoms with Gasteiger partial charge in [-0.05, 0) is 45.6 Å². The highest BCUT2D eigenvalue weighted by Gasteiger charge is 2.37. The van der Waals surface area contributed by atoms with E-state index in [0.29, 0.717) is 29.3 Å². The van der Waals surface area contributed by atoms with Crippen LogP contribution in [-0.4, -0.2) is 51.2 Å². The Hall–Kier alpha value is -1.95. The van der Waals surface area contributed by atoms with Crippen LogP contribution in [0.5, 0.6) is 0 Å². The number of H-pyrrole nitrogens is 1. The molecule has 6 heteroatoms. The summed E-state index contributed by atoms with van der Waals surface area (Å²) in [6.07, 6.45) is 4.58. The second kappa shape index (κ2) is 5.30. The van der Waals surface area contributed by atoms with Gasteiger partial charge in [0.15, 0.2) is 5.65 Å². The van der Waals surface area contributed by atoms with Crippen molar-refractivity contribution < 1.29 is 4.79 Å². The third kappa shape index (κ3) is 2.41. The summed E-state index contributed by atoms with van der Waals surface area (Å²) in [5.74, 6) is 0.0799. The quantitative estimate of drug-likeness (QED) is 0.888. The van der Waals surface area contributed by atoms with E-state index in [-0.39, 0.29) is 5.91 Å². The number of hydrogen-bond donors (Lipinski definition) is 2. The number of pyridine rings is 1. The van der Waals surface area contributed by atoms with Gasteiger partial charge in [0.25, 0.3) is 5.91 Å². The molecule has 2 fully saturated rings. The van der Waals surface area contributed by atoms with Gasteiger partial charge in [0.1, 0.15) is 0 Å². The summed E-state index contributed by atoms with van der Waals surface area (Å²) in [5.41, 5.74) is 3.07. The van der Waals surface area contributed by atoms with E-state index in [1.54, 1.807) is 0 Å². The van der Waals surface area contributed by atoms with Gasteiger partial charge in [-0.1, -0.05) is 0 Å². The van der Waals surface area contributed by atoms with Crippen LogP contribution >= 0.6 is 0 Å². The molecule has 0 saturated carbocycles. The van der Waals surface area contributed by atoms with Crippen LogP contribution in [0, 0.1) is 13.8 Å². The van der Waals surface area contributed by atoms with Crippen LogP contribution in [0.3, 0.4) is 0 Å². The van der Waals surface area contributed by atoms with Gasteiger partial charge in [-0.3, -0.25) is 9.89 Å². The third-order valence-electron chi connectivity index (χ3n) is 5.38. The Morgan fingerprint density at radius 3 is 2.65 bits per heavy atom. The van der Waals surface area contributed by atoms with Crippen LogP contribution in [0.4, 0.5) is 0 Å². The van der Waals surface area contributed by atoms with Crippen LogP contribution in [0.1, 0.15) is 47.4 Å². The number of aromatic nitrogens is 3. The molecular weight excluding hydrogens is 290 g/mol. The van der Waals surface area contributed by atoms with E-state index < -0.39 is 0 Å². The van der Waals surface area contributed by atoms with Gasteiger partial charge in [-0.15, -0.1) is 0 Å². The molecule has 122 valence electrons. The molecule has 0 aromatic carbocycles. The minimum atomic E-state index is 0.0799. The molecule has 0 spiro atoms. The van der Waals surface area contributed by atoms with Gasteiger partial charge in [0.05, 0.1) is 10.9 Å². The second-order valence-corrected chi connectivity index (χ2v) is 7.04. The van der Waals surface area contributed by atoms with Gasteiger partial charge >= 0.3 is 0 Å². The summed E-state index contributed by atoms with van der Waals surface area (Å²) in [5, 5.41) is 11.6. The summed E-state index contributed by atoms with van der Waals surface area (Å²) in [7, 11) is 1.94. The SMILES string of the molecule is Cc1cc(C(=O)N(C)C2CC3CCC(C2)N3)c2c(C)[nH]nc2n1. The van der Waals surface area contributed by atoms with Gasteiger partial charge in [-0.25, -0.2) is 4.98 Å². The normalized spacial score (nSPS) is 26.7. The van der Waals surface area contributed by atoms with E-state index in [0.717, 1.165) is 29.6 Å². The maximum Gasteiger partial charge on any atom is 0.254 e. The number of aromatic amines is 1. The monoisotopic (exact) mass is 313 g/mol. The average Bonchev–Trinajstić information content (AvgIpc) is 3.07. The highest BCUT2D eigenvalue weighted by Crippen LogP contribution is 2.30. The van der Waals surface area contributed by atoms with Crippen molar-refractivity contribution in [2.75, 3.05) is 7.05 Å². The first-order valence-electron chi connectivity index (χ1n) is 8.38. The molecule has 0 aliphatic carbocycles. The Bertz CT molecular complexity index is 756. The fourth-order valence-electron chi connectivity index (χ4n) is 4.17. The van der Waals surface area contributed by atoms with E-state index in [2.05, 4.69) is 20.5 Å². The zero-order valence-corrected chi connectivity index (χ0v) is 13.9. The van der Waals surface area contributed by atoms with Crippen LogP contribution in [-0.2, 0) is 0 Å². The summed E-state index contributed by atoms with van der Waals surface area (Å²) in [4.78, 5) is 19.5. The maximum absolute atomic E-state index is 13.1. The fraction of sp³-hybridized carbons (Fsp3) is 0.588.